The molecule has 0 amide bonds. The van der Waals surface area contributed by atoms with Gasteiger partial charge in [-0.05, 0) is 43.9 Å². The van der Waals surface area contributed by atoms with Crippen LogP contribution in [0.3, 0.4) is 0 Å². The highest BCUT2D eigenvalue weighted by Crippen LogP contribution is 2.34. The van der Waals surface area contributed by atoms with Crippen molar-refractivity contribution in [1.29, 1.82) is 0 Å². The van der Waals surface area contributed by atoms with E-state index in [2.05, 4.69) is 19.9 Å². The fourth-order valence-electron chi connectivity index (χ4n) is 3.55. The van der Waals surface area contributed by atoms with Crippen molar-refractivity contribution in [3.05, 3.63) is 42.4 Å². The number of nitrogens with one attached hydrogen (secondary N) is 1. The van der Waals surface area contributed by atoms with Crippen LogP contribution in [0.1, 0.15) is 36.5 Å². The molecule has 0 radical (unpaired) electrons. The predicted molar refractivity (Wildman–Crippen MR) is 101 cm³/mol. The summed E-state index contributed by atoms with van der Waals surface area (Å²) in [6, 6.07) is 7.52. The van der Waals surface area contributed by atoms with E-state index in [1.165, 1.54) is 19.3 Å². The first-order valence-corrected chi connectivity index (χ1v) is 9.12. The third-order valence-corrected chi connectivity index (χ3v) is 4.79. The first-order valence-electron chi connectivity index (χ1n) is 9.12. The lowest BCUT2D eigenvalue weighted by Gasteiger charge is -2.28. The van der Waals surface area contributed by atoms with E-state index in [1.807, 2.05) is 31.3 Å². The number of aromatic amines is 1. The molecule has 6 nitrogen and oxygen atoms in total. The van der Waals surface area contributed by atoms with Gasteiger partial charge in [0.25, 0.3) is 0 Å². The minimum absolute atomic E-state index is 0.304. The number of ether oxygens (including phenoxy) is 1. The summed E-state index contributed by atoms with van der Waals surface area (Å²) in [6.07, 6.45) is 7.19. The molecule has 1 aromatic carbocycles. The highest BCUT2D eigenvalue weighted by molar-refractivity contribution is 6.02. The Hall–Kier alpha value is -2.89. The topological polar surface area (TPSA) is 71.1 Å². The van der Waals surface area contributed by atoms with E-state index in [0.29, 0.717) is 12.2 Å². The second-order valence-electron chi connectivity index (χ2n) is 6.47. The number of anilines is 1. The molecule has 0 bridgehead atoms. The standard InChI is InChI=1S/C20H22N4O2/c1-2-26-20(25)15-8-6-7-14(11-15)16-12-21-18-17(16)19(23-13-22-18)24-9-4-3-5-10-24/h6-8,11-13H,2-5,9-10H2,1H3,(H,21,22,23). The summed E-state index contributed by atoms with van der Waals surface area (Å²) in [5.74, 6) is 0.661. The fourth-order valence-corrected chi connectivity index (χ4v) is 3.55. The molecular weight excluding hydrogens is 328 g/mol. The van der Waals surface area contributed by atoms with Crippen molar-refractivity contribution in [3.8, 4) is 11.1 Å². The van der Waals surface area contributed by atoms with Crippen LogP contribution < -0.4 is 4.90 Å². The number of esters is 1. The van der Waals surface area contributed by atoms with E-state index in [4.69, 9.17) is 4.74 Å². The van der Waals surface area contributed by atoms with Gasteiger partial charge in [-0.2, -0.15) is 0 Å². The van der Waals surface area contributed by atoms with Gasteiger partial charge in [-0.3, -0.25) is 0 Å². The molecule has 3 aromatic rings. The molecule has 1 aliphatic rings. The smallest absolute Gasteiger partial charge is 0.338 e. The van der Waals surface area contributed by atoms with Gasteiger partial charge in [-0.1, -0.05) is 12.1 Å². The zero-order valence-corrected chi connectivity index (χ0v) is 14.9. The fraction of sp³-hybridized carbons (Fsp3) is 0.350. The van der Waals surface area contributed by atoms with Gasteiger partial charge in [-0.25, -0.2) is 14.8 Å². The molecule has 6 heteroatoms. The van der Waals surface area contributed by atoms with E-state index in [-0.39, 0.29) is 5.97 Å². The first kappa shape index (κ1) is 16.6. The van der Waals surface area contributed by atoms with Crippen molar-refractivity contribution < 1.29 is 9.53 Å². The molecule has 1 saturated heterocycles. The number of hydrogen-bond acceptors (Lipinski definition) is 5. The lowest BCUT2D eigenvalue weighted by molar-refractivity contribution is 0.0526. The Morgan fingerprint density at radius 3 is 2.88 bits per heavy atom. The molecule has 1 N–H and O–H groups in total. The van der Waals surface area contributed by atoms with Crippen LogP contribution in [-0.2, 0) is 4.74 Å². The van der Waals surface area contributed by atoms with Gasteiger partial charge in [-0.15, -0.1) is 0 Å². The maximum absolute atomic E-state index is 12.1. The number of benzene rings is 1. The molecule has 0 spiro atoms. The monoisotopic (exact) mass is 350 g/mol. The average Bonchev–Trinajstić information content (AvgIpc) is 3.13. The number of piperidine rings is 1. The molecule has 0 atom stereocenters. The molecule has 1 fully saturated rings. The van der Waals surface area contributed by atoms with Crippen LogP contribution in [0.15, 0.2) is 36.8 Å². The summed E-state index contributed by atoms with van der Waals surface area (Å²) in [5.41, 5.74) is 3.33. The highest BCUT2D eigenvalue weighted by atomic mass is 16.5. The molecule has 0 saturated carbocycles. The van der Waals surface area contributed by atoms with Crippen molar-refractivity contribution in [2.45, 2.75) is 26.2 Å². The lowest BCUT2D eigenvalue weighted by atomic mass is 10.0. The van der Waals surface area contributed by atoms with E-state index >= 15 is 0 Å². The number of nitrogens with zero attached hydrogens (tertiary/aromatic N) is 3. The number of carbonyl (C=O) groups is 1. The van der Waals surface area contributed by atoms with Crippen LogP contribution >= 0.6 is 0 Å². The first-order chi connectivity index (χ1) is 12.8. The highest BCUT2D eigenvalue weighted by Gasteiger charge is 2.20. The predicted octanol–water partition coefficient (Wildman–Crippen LogP) is 3.79. The Morgan fingerprint density at radius 1 is 1.23 bits per heavy atom. The van der Waals surface area contributed by atoms with Crippen molar-refractivity contribution in [2.24, 2.45) is 0 Å². The molecule has 134 valence electrons. The number of aromatic nitrogens is 3. The number of carbonyl (C=O) groups excluding carboxylic acids is 1. The molecule has 3 heterocycles. The number of rotatable bonds is 4. The summed E-state index contributed by atoms with van der Waals surface area (Å²) in [5, 5.41) is 1.01. The van der Waals surface area contributed by atoms with Crippen LogP contribution in [0, 0.1) is 0 Å². The summed E-state index contributed by atoms with van der Waals surface area (Å²) >= 11 is 0. The maximum atomic E-state index is 12.1. The van der Waals surface area contributed by atoms with Gasteiger partial charge in [0.15, 0.2) is 0 Å². The average molecular weight is 350 g/mol. The minimum atomic E-state index is -0.304. The van der Waals surface area contributed by atoms with Crippen molar-refractivity contribution in [1.82, 2.24) is 15.0 Å². The van der Waals surface area contributed by atoms with E-state index in [9.17, 15) is 4.79 Å². The molecule has 0 unspecified atom stereocenters. The molecule has 26 heavy (non-hydrogen) atoms. The second kappa shape index (κ2) is 7.15. The van der Waals surface area contributed by atoms with Crippen molar-refractivity contribution >= 4 is 22.8 Å². The normalized spacial score (nSPS) is 14.6. The largest absolute Gasteiger partial charge is 0.462 e. The van der Waals surface area contributed by atoms with Crippen LogP contribution in [0.2, 0.25) is 0 Å². The van der Waals surface area contributed by atoms with Gasteiger partial charge >= 0.3 is 5.97 Å². The van der Waals surface area contributed by atoms with Crippen LogP contribution in [0.4, 0.5) is 5.82 Å². The third kappa shape index (κ3) is 3.03. The van der Waals surface area contributed by atoms with Crippen LogP contribution in [0.5, 0.6) is 0 Å². The number of H-pyrrole nitrogens is 1. The van der Waals surface area contributed by atoms with Crippen LogP contribution in [-0.4, -0.2) is 40.6 Å². The summed E-state index contributed by atoms with van der Waals surface area (Å²) < 4.78 is 5.13. The Labute approximate surface area is 152 Å². The van der Waals surface area contributed by atoms with Gasteiger partial charge in [0.1, 0.15) is 17.8 Å². The van der Waals surface area contributed by atoms with E-state index in [0.717, 1.165) is 41.1 Å². The van der Waals surface area contributed by atoms with E-state index in [1.54, 1.807) is 12.4 Å². The second-order valence-corrected chi connectivity index (χ2v) is 6.47. The van der Waals surface area contributed by atoms with E-state index < -0.39 is 0 Å². The Bertz CT molecular complexity index is 928. The number of hydrogen-bond donors (Lipinski definition) is 1. The molecule has 0 aliphatic carbocycles. The van der Waals surface area contributed by atoms with Gasteiger partial charge in [0.2, 0.25) is 0 Å². The van der Waals surface area contributed by atoms with Crippen molar-refractivity contribution in [2.75, 3.05) is 24.6 Å². The molecule has 4 rings (SSSR count). The summed E-state index contributed by atoms with van der Waals surface area (Å²) in [6.45, 7) is 4.20. The SMILES string of the molecule is CCOC(=O)c1cccc(-c2c[nH]c3ncnc(N4CCCCC4)c23)c1. The van der Waals surface area contributed by atoms with Crippen molar-refractivity contribution in [3.63, 3.8) is 0 Å². The summed E-state index contributed by atoms with van der Waals surface area (Å²) in [7, 11) is 0. The molecule has 1 aliphatic heterocycles. The Kier molecular flexibility index (Phi) is 4.56. The molecular formula is C20H22N4O2. The van der Waals surface area contributed by atoms with Gasteiger partial charge in [0, 0.05) is 24.8 Å². The maximum Gasteiger partial charge on any atom is 0.338 e. The van der Waals surface area contributed by atoms with Gasteiger partial charge in [0.05, 0.1) is 17.6 Å². The minimum Gasteiger partial charge on any atom is -0.462 e. The zero-order chi connectivity index (χ0) is 17.9. The molecule has 2 aromatic heterocycles. The summed E-state index contributed by atoms with van der Waals surface area (Å²) in [4.78, 5) is 26.6. The number of fused-ring (bicyclic) bond motifs is 1. The third-order valence-electron chi connectivity index (χ3n) is 4.79. The van der Waals surface area contributed by atoms with Gasteiger partial charge < -0.3 is 14.6 Å². The van der Waals surface area contributed by atoms with Crippen LogP contribution in [0.25, 0.3) is 22.2 Å². The zero-order valence-electron chi connectivity index (χ0n) is 14.9. The quantitative estimate of drug-likeness (QED) is 0.725. The Balaban J connectivity index is 1.80. The Morgan fingerprint density at radius 2 is 2.08 bits per heavy atom. The lowest BCUT2D eigenvalue weighted by Crippen LogP contribution is -2.30.